The van der Waals surface area contributed by atoms with Gasteiger partial charge in [-0.05, 0) is 36.4 Å². The Bertz CT molecular complexity index is 1340. The first-order valence-electron chi connectivity index (χ1n) is 9.35. The second-order valence-corrected chi connectivity index (χ2v) is 8.44. The van der Waals surface area contributed by atoms with Gasteiger partial charge in [0.25, 0.3) is 10.0 Å². The largest absolute Gasteiger partial charge is 0.493 e. The predicted molar refractivity (Wildman–Crippen MR) is 121 cm³/mol. The Morgan fingerprint density at radius 2 is 1.56 bits per heavy atom. The molecule has 162 valence electrons. The molecule has 0 radical (unpaired) electrons. The smallest absolute Gasteiger partial charge is 0.263 e. The lowest BCUT2D eigenvalue weighted by atomic mass is 10.3. The van der Waals surface area contributed by atoms with Crippen LogP contribution in [-0.2, 0) is 10.0 Å². The van der Waals surface area contributed by atoms with E-state index in [-0.39, 0.29) is 27.4 Å². The second kappa shape index (κ2) is 9.21. The number of sulfonamides is 1. The Kier molecular flexibility index (Phi) is 6.20. The van der Waals surface area contributed by atoms with E-state index in [1.165, 1.54) is 19.2 Å². The summed E-state index contributed by atoms with van der Waals surface area (Å²) in [5, 5.41) is -0.0997. The molecule has 0 saturated carbocycles. The van der Waals surface area contributed by atoms with Crippen LogP contribution in [0.15, 0.2) is 83.9 Å². The molecule has 0 bridgehead atoms. The van der Waals surface area contributed by atoms with Crippen molar-refractivity contribution in [2.45, 2.75) is 4.90 Å². The van der Waals surface area contributed by atoms with E-state index in [0.717, 1.165) is 0 Å². The highest BCUT2D eigenvalue weighted by atomic mass is 35.5. The number of hydrogen-bond donors (Lipinski definition) is 1. The summed E-state index contributed by atoms with van der Waals surface area (Å²) in [6.45, 7) is 0. The van der Waals surface area contributed by atoms with Gasteiger partial charge in [-0.3, -0.25) is 9.71 Å². The van der Waals surface area contributed by atoms with E-state index in [1.54, 1.807) is 66.9 Å². The molecular formula is C22H17ClN4O4S. The highest BCUT2D eigenvalue weighted by Gasteiger charge is 2.23. The number of pyridine rings is 1. The minimum Gasteiger partial charge on any atom is -0.493 e. The van der Waals surface area contributed by atoms with Crippen molar-refractivity contribution in [2.75, 3.05) is 11.8 Å². The molecule has 32 heavy (non-hydrogen) atoms. The van der Waals surface area contributed by atoms with Crippen molar-refractivity contribution in [3.8, 4) is 28.8 Å². The second-order valence-electron chi connectivity index (χ2n) is 6.40. The van der Waals surface area contributed by atoms with Gasteiger partial charge in [-0.1, -0.05) is 48.0 Å². The van der Waals surface area contributed by atoms with Crippen LogP contribution in [0.2, 0.25) is 5.15 Å². The zero-order chi connectivity index (χ0) is 22.6. The fraction of sp³-hybridized carbons (Fsp3) is 0.0455. The zero-order valence-corrected chi connectivity index (χ0v) is 18.3. The lowest BCUT2D eigenvalue weighted by Crippen LogP contribution is -2.15. The maximum Gasteiger partial charge on any atom is 0.263 e. The normalized spacial score (nSPS) is 11.1. The number of para-hydroxylation sites is 2. The SMILES string of the molecule is COc1ccccc1Oc1c(Cl)nc(-c2ccccn2)nc1NS(=O)(=O)c1ccccc1. The van der Waals surface area contributed by atoms with Crippen molar-refractivity contribution in [1.29, 1.82) is 0 Å². The van der Waals surface area contributed by atoms with E-state index in [9.17, 15) is 8.42 Å². The molecule has 4 aromatic rings. The topological polar surface area (TPSA) is 103 Å². The number of hydrogen-bond acceptors (Lipinski definition) is 7. The van der Waals surface area contributed by atoms with Crippen molar-refractivity contribution in [2.24, 2.45) is 0 Å². The minimum absolute atomic E-state index is 0.0531. The molecule has 10 heteroatoms. The van der Waals surface area contributed by atoms with Gasteiger partial charge < -0.3 is 9.47 Å². The van der Waals surface area contributed by atoms with Crippen LogP contribution in [0.1, 0.15) is 0 Å². The third kappa shape index (κ3) is 4.63. The van der Waals surface area contributed by atoms with Crippen molar-refractivity contribution >= 4 is 27.4 Å². The number of rotatable bonds is 7. The first-order chi connectivity index (χ1) is 15.5. The average Bonchev–Trinajstić information content (AvgIpc) is 2.82. The average molecular weight is 469 g/mol. The summed E-state index contributed by atoms with van der Waals surface area (Å²) >= 11 is 6.43. The molecule has 0 amide bonds. The number of aromatic nitrogens is 3. The highest BCUT2D eigenvalue weighted by molar-refractivity contribution is 7.92. The molecule has 2 aromatic heterocycles. The van der Waals surface area contributed by atoms with E-state index in [1.807, 2.05) is 0 Å². The molecular weight excluding hydrogens is 452 g/mol. The number of anilines is 1. The number of halogens is 1. The molecule has 2 heterocycles. The third-order valence-corrected chi connectivity index (χ3v) is 5.89. The molecule has 1 N–H and O–H groups in total. The molecule has 0 atom stereocenters. The molecule has 0 aliphatic rings. The summed E-state index contributed by atoms with van der Waals surface area (Å²) in [6.07, 6.45) is 1.57. The van der Waals surface area contributed by atoms with E-state index in [4.69, 9.17) is 21.1 Å². The van der Waals surface area contributed by atoms with Crippen LogP contribution in [0.4, 0.5) is 5.82 Å². The van der Waals surface area contributed by atoms with Crippen LogP contribution in [0, 0.1) is 0 Å². The Hall–Kier alpha value is -3.69. The number of benzene rings is 2. The summed E-state index contributed by atoms with van der Waals surface area (Å²) in [4.78, 5) is 12.9. The fourth-order valence-corrected chi connectivity index (χ4v) is 4.03. The van der Waals surface area contributed by atoms with E-state index in [2.05, 4.69) is 19.7 Å². The molecule has 0 saturated heterocycles. The maximum absolute atomic E-state index is 13.0. The summed E-state index contributed by atoms with van der Waals surface area (Å²) in [7, 11) is -2.50. The minimum atomic E-state index is -3.99. The van der Waals surface area contributed by atoms with Crippen LogP contribution in [-0.4, -0.2) is 30.5 Å². The summed E-state index contributed by atoms with van der Waals surface area (Å²) in [6, 6.07) is 19.9. The molecule has 0 unspecified atom stereocenters. The molecule has 0 aliphatic carbocycles. The summed E-state index contributed by atoms with van der Waals surface area (Å²) in [5.74, 6) is 0.657. The Morgan fingerprint density at radius 3 is 2.25 bits per heavy atom. The van der Waals surface area contributed by atoms with Gasteiger partial charge in [-0.2, -0.15) is 0 Å². The molecule has 4 rings (SSSR count). The third-order valence-electron chi connectivity index (χ3n) is 4.28. The van der Waals surface area contributed by atoms with Gasteiger partial charge in [0.1, 0.15) is 5.69 Å². The van der Waals surface area contributed by atoms with Gasteiger partial charge in [0, 0.05) is 6.20 Å². The predicted octanol–water partition coefficient (Wildman–Crippen LogP) is 4.79. The van der Waals surface area contributed by atoms with Crippen LogP contribution < -0.4 is 14.2 Å². The van der Waals surface area contributed by atoms with Crippen molar-refractivity contribution < 1.29 is 17.9 Å². The Labute approximate surface area is 189 Å². The summed E-state index contributed by atoms with van der Waals surface area (Å²) in [5.41, 5.74) is 0.415. The van der Waals surface area contributed by atoms with Crippen molar-refractivity contribution in [3.05, 3.63) is 84.1 Å². The van der Waals surface area contributed by atoms with Gasteiger partial charge in [-0.15, -0.1) is 0 Å². The van der Waals surface area contributed by atoms with Crippen molar-refractivity contribution in [1.82, 2.24) is 15.0 Å². The first kappa shape index (κ1) is 21.5. The maximum atomic E-state index is 13.0. The van der Waals surface area contributed by atoms with Crippen LogP contribution in [0.3, 0.4) is 0 Å². The molecule has 0 aliphatic heterocycles. The standard InChI is InChI=1S/C22H17ClN4O4S/c1-30-17-12-5-6-13-18(17)31-19-20(23)25-21(16-11-7-8-14-24-16)26-22(19)27-32(28,29)15-9-3-2-4-10-15/h2-14H,1H3,(H,25,26,27). The van der Waals surface area contributed by atoms with Gasteiger partial charge >= 0.3 is 0 Å². The monoisotopic (exact) mass is 468 g/mol. The van der Waals surface area contributed by atoms with Gasteiger partial charge in [0.15, 0.2) is 28.3 Å². The number of nitrogens with zero attached hydrogens (tertiary/aromatic N) is 3. The zero-order valence-electron chi connectivity index (χ0n) is 16.8. The van der Waals surface area contributed by atoms with E-state index < -0.39 is 10.0 Å². The fourth-order valence-electron chi connectivity index (χ4n) is 2.79. The quantitative estimate of drug-likeness (QED) is 0.389. The van der Waals surface area contributed by atoms with Gasteiger partial charge in [0.05, 0.1) is 12.0 Å². The van der Waals surface area contributed by atoms with Crippen LogP contribution in [0.5, 0.6) is 17.2 Å². The summed E-state index contributed by atoms with van der Waals surface area (Å²) < 4.78 is 39.6. The lowest BCUT2D eigenvalue weighted by molar-refractivity contribution is 0.378. The lowest BCUT2D eigenvalue weighted by Gasteiger charge is -2.16. The molecule has 2 aromatic carbocycles. The van der Waals surface area contributed by atoms with E-state index >= 15 is 0 Å². The van der Waals surface area contributed by atoms with Gasteiger partial charge in [0.2, 0.25) is 5.75 Å². The first-order valence-corrected chi connectivity index (χ1v) is 11.2. The number of methoxy groups -OCH3 is 1. The van der Waals surface area contributed by atoms with Gasteiger partial charge in [-0.25, -0.2) is 18.4 Å². The Balaban J connectivity index is 1.83. The number of ether oxygens (including phenoxy) is 2. The number of nitrogens with one attached hydrogen (secondary N) is 1. The van der Waals surface area contributed by atoms with Crippen molar-refractivity contribution in [3.63, 3.8) is 0 Å². The highest BCUT2D eigenvalue weighted by Crippen LogP contribution is 2.39. The van der Waals surface area contributed by atoms with Crippen LogP contribution in [0.25, 0.3) is 11.5 Å². The molecule has 0 spiro atoms. The van der Waals surface area contributed by atoms with E-state index in [0.29, 0.717) is 17.2 Å². The van der Waals surface area contributed by atoms with Crippen LogP contribution >= 0.6 is 11.6 Å². The molecule has 0 fully saturated rings. The molecule has 8 nitrogen and oxygen atoms in total. The Morgan fingerprint density at radius 1 is 0.875 bits per heavy atom.